The zero-order chi connectivity index (χ0) is 24.3. The second-order valence-corrected chi connectivity index (χ2v) is 8.72. The van der Waals surface area contributed by atoms with E-state index < -0.39 is 17.6 Å². The standard InChI is InChI=1S/C25H26N6O3/c1-25(2,34)14-13-18-11-9-17-10-12-19(24(33)31(3)22(17)26-18)27-23(32)21-28-20(29-30-21)15-16-7-5-4-6-8-16/h4-9,11,19,34H,10,12,15H2,1-3H3,(H,27,32)(H,28,29,30)/t19-/m0/s1. The summed E-state index contributed by atoms with van der Waals surface area (Å²) in [4.78, 5) is 36.1. The molecule has 34 heavy (non-hydrogen) atoms. The number of carbonyl (C=O) groups is 2. The van der Waals surface area contributed by atoms with Crippen LogP contribution >= 0.6 is 0 Å². The Bertz CT molecular complexity index is 1270. The normalized spacial score (nSPS) is 15.7. The zero-order valence-electron chi connectivity index (χ0n) is 19.3. The lowest BCUT2D eigenvalue weighted by Crippen LogP contribution is -2.47. The quantitative estimate of drug-likeness (QED) is 0.511. The minimum atomic E-state index is -1.15. The van der Waals surface area contributed by atoms with Crippen molar-refractivity contribution < 1.29 is 14.7 Å². The summed E-state index contributed by atoms with van der Waals surface area (Å²) >= 11 is 0. The number of hydrogen-bond acceptors (Lipinski definition) is 6. The number of nitrogens with one attached hydrogen (secondary N) is 2. The molecule has 0 radical (unpaired) electrons. The van der Waals surface area contributed by atoms with Crippen molar-refractivity contribution in [2.45, 2.75) is 44.8 Å². The molecule has 9 nitrogen and oxygen atoms in total. The van der Waals surface area contributed by atoms with Gasteiger partial charge in [-0.05, 0) is 49.8 Å². The maximum Gasteiger partial charge on any atom is 0.291 e. The van der Waals surface area contributed by atoms with Gasteiger partial charge in [-0.3, -0.25) is 19.6 Å². The molecule has 4 rings (SSSR count). The molecule has 0 bridgehead atoms. The van der Waals surface area contributed by atoms with Crippen molar-refractivity contribution >= 4 is 17.6 Å². The van der Waals surface area contributed by atoms with Crippen LogP contribution in [0, 0.1) is 11.8 Å². The molecule has 0 fully saturated rings. The van der Waals surface area contributed by atoms with Gasteiger partial charge in [-0.15, -0.1) is 5.10 Å². The number of H-pyrrole nitrogens is 1. The lowest BCUT2D eigenvalue weighted by atomic mass is 10.1. The van der Waals surface area contributed by atoms with E-state index >= 15 is 0 Å². The van der Waals surface area contributed by atoms with Crippen LogP contribution in [0.15, 0.2) is 42.5 Å². The van der Waals surface area contributed by atoms with Gasteiger partial charge in [0.25, 0.3) is 5.91 Å². The average molecular weight is 459 g/mol. The Morgan fingerprint density at radius 1 is 1.24 bits per heavy atom. The lowest BCUT2D eigenvalue weighted by Gasteiger charge is -2.21. The molecule has 1 aliphatic heterocycles. The van der Waals surface area contributed by atoms with Gasteiger partial charge < -0.3 is 10.4 Å². The maximum atomic E-state index is 13.1. The molecule has 1 aliphatic rings. The predicted molar refractivity (Wildman–Crippen MR) is 126 cm³/mol. The molecule has 0 saturated carbocycles. The summed E-state index contributed by atoms with van der Waals surface area (Å²) < 4.78 is 0. The number of aliphatic hydroxyl groups is 1. The Morgan fingerprint density at radius 2 is 2.00 bits per heavy atom. The topological polar surface area (TPSA) is 124 Å². The fourth-order valence-corrected chi connectivity index (χ4v) is 3.63. The number of pyridine rings is 1. The molecular formula is C25H26N6O3. The third kappa shape index (κ3) is 5.47. The van der Waals surface area contributed by atoms with Gasteiger partial charge in [0.2, 0.25) is 11.7 Å². The van der Waals surface area contributed by atoms with Gasteiger partial charge in [0.1, 0.15) is 29.0 Å². The van der Waals surface area contributed by atoms with Crippen LogP contribution in [-0.2, 0) is 17.6 Å². The average Bonchev–Trinajstić information content (AvgIpc) is 3.24. The van der Waals surface area contributed by atoms with Crippen LogP contribution in [0.4, 0.5) is 5.82 Å². The number of aromatic nitrogens is 4. The van der Waals surface area contributed by atoms with Gasteiger partial charge in [0, 0.05) is 13.5 Å². The summed E-state index contributed by atoms with van der Waals surface area (Å²) in [6, 6.07) is 12.6. The molecule has 1 atom stereocenters. The Morgan fingerprint density at radius 3 is 2.74 bits per heavy atom. The number of benzene rings is 1. The highest BCUT2D eigenvalue weighted by Gasteiger charge is 2.31. The molecule has 1 aromatic carbocycles. The summed E-state index contributed by atoms with van der Waals surface area (Å²) in [5.74, 6) is 5.81. The van der Waals surface area contributed by atoms with Crippen molar-refractivity contribution in [2.24, 2.45) is 0 Å². The van der Waals surface area contributed by atoms with Gasteiger partial charge in [0.15, 0.2) is 0 Å². The first-order valence-electron chi connectivity index (χ1n) is 11.0. The van der Waals surface area contributed by atoms with E-state index in [9.17, 15) is 14.7 Å². The van der Waals surface area contributed by atoms with E-state index in [0.717, 1.165) is 11.1 Å². The highest BCUT2D eigenvalue weighted by molar-refractivity contribution is 6.01. The van der Waals surface area contributed by atoms with Crippen LogP contribution < -0.4 is 10.2 Å². The Balaban J connectivity index is 1.46. The number of nitrogens with zero attached hydrogens (tertiary/aromatic N) is 4. The molecule has 2 aromatic heterocycles. The first-order chi connectivity index (χ1) is 16.2. The maximum absolute atomic E-state index is 13.1. The first-order valence-corrected chi connectivity index (χ1v) is 11.0. The van der Waals surface area contributed by atoms with Crippen molar-refractivity contribution in [1.82, 2.24) is 25.5 Å². The summed E-state index contributed by atoms with van der Waals surface area (Å²) in [6.07, 6.45) is 1.49. The van der Waals surface area contributed by atoms with Gasteiger partial charge in [-0.1, -0.05) is 42.3 Å². The SMILES string of the molecule is CN1C(=O)[C@@H](NC(=O)c2n[nH]c(Cc3ccccc3)n2)CCc2ccc(C#CC(C)(C)O)nc21. The molecule has 0 spiro atoms. The highest BCUT2D eigenvalue weighted by atomic mass is 16.3. The molecule has 3 heterocycles. The number of fused-ring (bicyclic) bond motifs is 1. The number of aromatic amines is 1. The van der Waals surface area contributed by atoms with E-state index in [1.54, 1.807) is 27.0 Å². The zero-order valence-corrected chi connectivity index (χ0v) is 19.3. The second-order valence-electron chi connectivity index (χ2n) is 8.72. The van der Waals surface area contributed by atoms with E-state index in [-0.39, 0.29) is 11.7 Å². The van der Waals surface area contributed by atoms with Gasteiger partial charge >= 0.3 is 0 Å². The highest BCUT2D eigenvalue weighted by Crippen LogP contribution is 2.24. The Hall–Kier alpha value is -4.03. The van der Waals surface area contributed by atoms with E-state index in [4.69, 9.17) is 0 Å². The van der Waals surface area contributed by atoms with Crippen LogP contribution in [0.25, 0.3) is 0 Å². The van der Waals surface area contributed by atoms with Crippen LogP contribution in [0.1, 0.15) is 53.5 Å². The van der Waals surface area contributed by atoms with E-state index in [2.05, 4.69) is 37.3 Å². The van der Waals surface area contributed by atoms with Crippen molar-refractivity contribution in [2.75, 3.05) is 11.9 Å². The molecule has 2 amide bonds. The van der Waals surface area contributed by atoms with Crippen molar-refractivity contribution in [1.29, 1.82) is 0 Å². The molecule has 0 aliphatic carbocycles. The van der Waals surface area contributed by atoms with Gasteiger partial charge in [-0.25, -0.2) is 9.97 Å². The monoisotopic (exact) mass is 458 g/mol. The Kier molecular flexibility index (Phi) is 6.43. The number of likely N-dealkylation sites (N-methyl/N-ethyl adjacent to an activating group) is 1. The largest absolute Gasteiger partial charge is 0.378 e. The molecule has 3 aromatic rings. The van der Waals surface area contributed by atoms with Crippen molar-refractivity contribution in [3.05, 3.63) is 70.9 Å². The minimum absolute atomic E-state index is 0.00884. The van der Waals surface area contributed by atoms with E-state index in [0.29, 0.717) is 36.6 Å². The van der Waals surface area contributed by atoms with E-state index in [1.165, 1.54) is 4.90 Å². The third-order valence-corrected chi connectivity index (χ3v) is 5.36. The van der Waals surface area contributed by atoms with Gasteiger partial charge in [0.05, 0.1) is 0 Å². The molecule has 0 unspecified atom stereocenters. The van der Waals surface area contributed by atoms with Crippen LogP contribution in [0.3, 0.4) is 0 Å². The van der Waals surface area contributed by atoms with Crippen LogP contribution in [-0.4, -0.2) is 55.8 Å². The summed E-state index contributed by atoms with van der Waals surface area (Å²) in [6.45, 7) is 3.18. The fourth-order valence-electron chi connectivity index (χ4n) is 3.63. The molecule has 3 N–H and O–H groups in total. The smallest absolute Gasteiger partial charge is 0.291 e. The van der Waals surface area contributed by atoms with Crippen molar-refractivity contribution in [3.63, 3.8) is 0 Å². The van der Waals surface area contributed by atoms with E-state index in [1.807, 2.05) is 36.4 Å². The molecular weight excluding hydrogens is 432 g/mol. The summed E-state index contributed by atoms with van der Waals surface area (Å²) in [7, 11) is 1.62. The number of hydrogen-bond donors (Lipinski definition) is 3. The fraction of sp³-hybridized carbons (Fsp3) is 0.320. The number of amides is 2. The third-order valence-electron chi connectivity index (χ3n) is 5.36. The predicted octanol–water partition coefficient (Wildman–Crippen LogP) is 1.62. The van der Waals surface area contributed by atoms with Crippen LogP contribution in [0.5, 0.6) is 0 Å². The molecule has 9 heteroatoms. The molecule has 174 valence electrons. The van der Waals surface area contributed by atoms with Gasteiger partial charge in [-0.2, -0.15) is 0 Å². The number of aryl methyl sites for hydroxylation is 1. The number of carbonyl (C=O) groups excluding carboxylic acids is 2. The number of rotatable bonds is 4. The van der Waals surface area contributed by atoms with Crippen molar-refractivity contribution in [3.8, 4) is 11.8 Å². The summed E-state index contributed by atoms with van der Waals surface area (Å²) in [5, 5.41) is 19.4. The second kappa shape index (κ2) is 9.45. The first kappa shape index (κ1) is 23.1. The molecule has 0 saturated heterocycles. The minimum Gasteiger partial charge on any atom is -0.378 e. The number of anilines is 1. The summed E-state index contributed by atoms with van der Waals surface area (Å²) in [5.41, 5.74) is 1.23. The Labute approximate surface area is 197 Å². The lowest BCUT2D eigenvalue weighted by molar-refractivity contribution is -0.120. The van der Waals surface area contributed by atoms with Crippen LogP contribution in [0.2, 0.25) is 0 Å².